The monoisotopic (exact) mass is 385 g/mol. The second kappa shape index (κ2) is 9.67. The summed E-state index contributed by atoms with van der Waals surface area (Å²) in [4.78, 5) is 15.8. The van der Waals surface area contributed by atoms with Gasteiger partial charge in [-0.25, -0.2) is 0 Å². The van der Waals surface area contributed by atoms with E-state index < -0.39 is 5.91 Å². The Hall–Kier alpha value is -2.29. The van der Waals surface area contributed by atoms with E-state index in [1.54, 1.807) is 12.1 Å². The number of hydrogen-bond donors (Lipinski definition) is 5. The summed E-state index contributed by atoms with van der Waals surface area (Å²) in [6, 6.07) is 4.80. The molecule has 1 rings (SSSR count). The summed E-state index contributed by atoms with van der Waals surface area (Å²) >= 11 is 3.19. The van der Waals surface area contributed by atoms with E-state index in [0.29, 0.717) is 24.0 Å². The van der Waals surface area contributed by atoms with E-state index in [1.807, 2.05) is 0 Å². The third-order valence-corrected chi connectivity index (χ3v) is 3.57. The number of benzene rings is 1. The first kappa shape index (κ1) is 18.8. The fourth-order valence-electron chi connectivity index (χ4n) is 1.76. The molecule has 0 aliphatic rings. The van der Waals surface area contributed by atoms with Gasteiger partial charge in [-0.2, -0.15) is 0 Å². The summed E-state index contributed by atoms with van der Waals surface area (Å²) in [5.41, 5.74) is 11.1. The predicted octanol–water partition coefficient (Wildman–Crippen LogP) is 0.697. The maximum absolute atomic E-state index is 11.9. The minimum Gasteiger partial charge on any atom is -0.507 e. The molecule has 0 bridgehead atoms. The summed E-state index contributed by atoms with van der Waals surface area (Å²) in [5, 5.41) is 24.2. The van der Waals surface area contributed by atoms with Crippen molar-refractivity contribution in [3.8, 4) is 5.75 Å². The second-order valence-corrected chi connectivity index (χ2v) is 5.63. The van der Waals surface area contributed by atoms with E-state index in [2.05, 4.69) is 31.4 Å². The zero-order chi connectivity index (χ0) is 17.2. The first-order chi connectivity index (χ1) is 10.9. The van der Waals surface area contributed by atoms with Crippen molar-refractivity contribution in [3.63, 3.8) is 0 Å². The van der Waals surface area contributed by atoms with Crippen LogP contribution in [0.2, 0.25) is 0 Å². The Morgan fingerprint density at radius 3 is 2.65 bits per heavy atom. The van der Waals surface area contributed by atoms with Crippen molar-refractivity contribution in [2.24, 2.45) is 21.6 Å². The normalized spacial score (nSPS) is 11.1. The number of carbonyl (C=O) groups excluding carboxylic acids is 1. The SMILES string of the molecule is NC(N)=NCCCCNC(=O)/C(Cc1ccc(O)c(Br)c1)=N\O. The van der Waals surface area contributed by atoms with Gasteiger partial charge in [-0.1, -0.05) is 11.2 Å². The van der Waals surface area contributed by atoms with Gasteiger partial charge in [-0.15, -0.1) is 0 Å². The molecule has 9 heteroatoms. The number of amides is 1. The molecule has 1 aromatic carbocycles. The van der Waals surface area contributed by atoms with Crippen LogP contribution in [-0.4, -0.2) is 41.0 Å². The molecule has 1 aromatic rings. The van der Waals surface area contributed by atoms with E-state index in [0.717, 1.165) is 12.0 Å². The quantitative estimate of drug-likeness (QED) is 0.147. The van der Waals surface area contributed by atoms with Crippen LogP contribution >= 0.6 is 15.9 Å². The Bertz CT molecular complexity index is 600. The number of unbranched alkanes of at least 4 members (excludes halogenated alkanes) is 1. The van der Waals surface area contributed by atoms with Crippen LogP contribution in [0.1, 0.15) is 18.4 Å². The molecule has 1 amide bonds. The van der Waals surface area contributed by atoms with Crippen molar-refractivity contribution in [1.82, 2.24) is 5.32 Å². The summed E-state index contributed by atoms with van der Waals surface area (Å²) in [6.45, 7) is 0.928. The van der Waals surface area contributed by atoms with Gasteiger partial charge in [0.05, 0.1) is 4.47 Å². The van der Waals surface area contributed by atoms with Crippen LogP contribution < -0.4 is 16.8 Å². The number of phenols is 1. The standard InChI is InChI=1S/C14H20BrN5O3/c15-10-7-9(3-4-12(10)21)8-11(20-23)13(22)18-5-1-2-6-19-14(16)17/h3-4,7,21,23H,1-2,5-6,8H2,(H,18,22)(H4,16,17,19)/b20-11-. The van der Waals surface area contributed by atoms with E-state index >= 15 is 0 Å². The van der Waals surface area contributed by atoms with Gasteiger partial charge >= 0.3 is 0 Å². The second-order valence-electron chi connectivity index (χ2n) is 4.78. The number of aromatic hydroxyl groups is 1. The highest BCUT2D eigenvalue weighted by Gasteiger charge is 2.13. The first-order valence-corrected chi connectivity index (χ1v) is 7.75. The highest BCUT2D eigenvalue weighted by atomic mass is 79.9. The largest absolute Gasteiger partial charge is 0.507 e. The fraction of sp³-hybridized carbons (Fsp3) is 0.357. The predicted molar refractivity (Wildman–Crippen MR) is 91.7 cm³/mol. The summed E-state index contributed by atoms with van der Waals surface area (Å²) < 4.78 is 0.507. The number of hydrogen-bond acceptors (Lipinski definition) is 5. The van der Waals surface area contributed by atoms with Crippen molar-refractivity contribution in [2.75, 3.05) is 13.1 Å². The maximum atomic E-state index is 11.9. The van der Waals surface area contributed by atoms with Crippen LogP contribution in [0.25, 0.3) is 0 Å². The van der Waals surface area contributed by atoms with Gasteiger partial charge in [-0.05, 0) is 46.5 Å². The summed E-state index contributed by atoms with van der Waals surface area (Å²) in [5.74, 6) is -0.302. The number of carbonyl (C=O) groups is 1. The molecule has 0 fully saturated rings. The maximum Gasteiger partial charge on any atom is 0.269 e. The Morgan fingerprint density at radius 1 is 1.30 bits per heavy atom. The fourth-order valence-corrected chi connectivity index (χ4v) is 2.19. The number of nitrogens with one attached hydrogen (secondary N) is 1. The molecule has 8 nitrogen and oxygen atoms in total. The number of nitrogens with two attached hydrogens (primary N) is 2. The Labute approximate surface area is 142 Å². The van der Waals surface area contributed by atoms with Crippen molar-refractivity contribution in [2.45, 2.75) is 19.3 Å². The van der Waals surface area contributed by atoms with E-state index in [1.165, 1.54) is 6.07 Å². The lowest BCUT2D eigenvalue weighted by atomic mass is 10.1. The van der Waals surface area contributed by atoms with Gasteiger partial charge in [0.2, 0.25) is 0 Å². The van der Waals surface area contributed by atoms with Crippen LogP contribution in [0.5, 0.6) is 5.75 Å². The van der Waals surface area contributed by atoms with Crippen molar-refractivity contribution in [1.29, 1.82) is 0 Å². The molecule has 0 unspecified atom stereocenters. The van der Waals surface area contributed by atoms with Gasteiger partial charge < -0.3 is 27.1 Å². The van der Waals surface area contributed by atoms with E-state index in [4.69, 9.17) is 16.7 Å². The Balaban J connectivity index is 2.43. The summed E-state index contributed by atoms with van der Waals surface area (Å²) in [6.07, 6.45) is 1.58. The molecule has 0 spiro atoms. The van der Waals surface area contributed by atoms with E-state index in [9.17, 15) is 9.90 Å². The number of nitrogens with zero attached hydrogens (tertiary/aromatic N) is 2. The summed E-state index contributed by atoms with van der Waals surface area (Å²) in [7, 11) is 0. The topological polar surface area (TPSA) is 146 Å². The van der Waals surface area contributed by atoms with Crippen molar-refractivity contribution < 1.29 is 15.1 Å². The molecule has 0 atom stereocenters. The zero-order valence-electron chi connectivity index (χ0n) is 12.5. The minimum absolute atomic E-state index is 0.00758. The molecule has 23 heavy (non-hydrogen) atoms. The lowest BCUT2D eigenvalue weighted by molar-refractivity contribution is -0.115. The highest BCUT2D eigenvalue weighted by Crippen LogP contribution is 2.24. The van der Waals surface area contributed by atoms with Gasteiger partial charge in [0, 0.05) is 19.5 Å². The number of halogens is 1. The average molecular weight is 386 g/mol. The lowest BCUT2D eigenvalue weighted by Gasteiger charge is -2.07. The molecular weight excluding hydrogens is 366 g/mol. The molecule has 0 aromatic heterocycles. The Morgan fingerprint density at radius 2 is 2.04 bits per heavy atom. The number of guanidine groups is 1. The molecule has 0 aliphatic carbocycles. The molecule has 0 saturated heterocycles. The van der Waals surface area contributed by atoms with Crippen LogP contribution in [0.15, 0.2) is 32.8 Å². The smallest absolute Gasteiger partial charge is 0.269 e. The van der Waals surface area contributed by atoms with Gasteiger partial charge in [0.15, 0.2) is 5.96 Å². The molecule has 0 saturated carbocycles. The highest BCUT2D eigenvalue weighted by molar-refractivity contribution is 9.10. The number of oxime groups is 1. The van der Waals surface area contributed by atoms with Crippen molar-refractivity contribution in [3.05, 3.63) is 28.2 Å². The number of aliphatic imine (C=N–C) groups is 1. The number of phenolic OH excluding ortho intramolecular Hbond substituents is 1. The van der Waals surface area contributed by atoms with Crippen LogP contribution in [0.4, 0.5) is 0 Å². The van der Waals surface area contributed by atoms with Crippen LogP contribution in [0, 0.1) is 0 Å². The number of rotatable bonds is 8. The first-order valence-electron chi connectivity index (χ1n) is 6.96. The van der Waals surface area contributed by atoms with Crippen LogP contribution in [-0.2, 0) is 11.2 Å². The van der Waals surface area contributed by atoms with E-state index in [-0.39, 0.29) is 23.8 Å². The zero-order valence-corrected chi connectivity index (χ0v) is 14.1. The molecule has 7 N–H and O–H groups in total. The molecule has 0 aliphatic heterocycles. The van der Waals surface area contributed by atoms with Crippen LogP contribution in [0.3, 0.4) is 0 Å². The van der Waals surface area contributed by atoms with Gasteiger partial charge in [0.25, 0.3) is 5.91 Å². The van der Waals surface area contributed by atoms with Gasteiger partial charge in [-0.3, -0.25) is 9.79 Å². The lowest BCUT2D eigenvalue weighted by Crippen LogP contribution is -2.33. The third kappa shape index (κ3) is 7.00. The average Bonchev–Trinajstić information content (AvgIpc) is 2.51. The molecule has 126 valence electrons. The van der Waals surface area contributed by atoms with Crippen molar-refractivity contribution >= 4 is 33.5 Å². The molecule has 0 radical (unpaired) electrons. The molecular formula is C14H20BrN5O3. The molecule has 0 heterocycles. The third-order valence-electron chi connectivity index (χ3n) is 2.93. The Kier molecular flexibility index (Phi) is 7.89. The minimum atomic E-state index is -0.446. The van der Waals surface area contributed by atoms with Gasteiger partial charge in [0.1, 0.15) is 11.5 Å².